The van der Waals surface area contributed by atoms with Gasteiger partial charge in [-0.25, -0.2) is 9.59 Å². The Morgan fingerprint density at radius 2 is 1.75 bits per heavy atom. The van der Waals surface area contributed by atoms with Crippen molar-refractivity contribution in [3.8, 4) is 0 Å². The van der Waals surface area contributed by atoms with E-state index in [9.17, 15) is 14.7 Å². The molecule has 2 fully saturated rings. The Morgan fingerprint density at radius 1 is 1.04 bits per heavy atom. The number of fused-ring (bicyclic) bond motifs is 7. The van der Waals surface area contributed by atoms with Crippen LogP contribution in [0.4, 0.5) is 5.69 Å². The average Bonchev–Trinajstić information content (AvgIpc) is 3.35. The van der Waals surface area contributed by atoms with Crippen LogP contribution in [-0.4, -0.2) is 24.2 Å². The Bertz CT molecular complexity index is 952. The molecular weight excluding hydrogens is 354 g/mol. The highest BCUT2D eigenvalue weighted by Gasteiger charge is 2.53. The lowest BCUT2D eigenvalue weighted by Gasteiger charge is -2.43. The van der Waals surface area contributed by atoms with Gasteiger partial charge in [0.05, 0.1) is 24.3 Å². The van der Waals surface area contributed by atoms with Crippen LogP contribution in [0.3, 0.4) is 0 Å². The first kappa shape index (κ1) is 17.3. The van der Waals surface area contributed by atoms with Crippen LogP contribution in [0.1, 0.15) is 63.1 Å². The summed E-state index contributed by atoms with van der Waals surface area (Å²) in [6.07, 6.45) is 3.71. The molecule has 2 aliphatic carbocycles. The summed E-state index contributed by atoms with van der Waals surface area (Å²) in [5, 5.41) is 13.1. The summed E-state index contributed by atoms with van der Waals surface area (Å²) in [6.45, 7) is 0. The van der Waals surface area contributed by atoms with Crippen LogP contribution in [0.15, 0.2) is 42.5 Å². The SMILES string of the molecule is COC(=O)c1ccc([C@@H]2Nc3ccc(C(=O)O)cc3[C@H]3[C@H]4CC[C@@H](C4)[C@H]32)cc1. The molecule has 3 aliphatic rings. The smallest absolute Gasteiger partial charge is 0.337 e. The Balaban J connectivity index is 1.55. The van der Waals surface area contributed by atoms with Crippen molar-refractivity contribution in [2.45, 2.75) is 31.2 Å². The Kier molecular flexibility index (Phi) is 3.93. The first-order valence-electron chi connectivity index (χ1n) is 9.89. The van der Waals surface area contributed by atoms with Gasteiger partial charge in [-0.2, -0.15) is 0 Å². The lowest BCUT2D eigenvalue weighted by Crippen LogP contribution is -2.35. The number of carbonyl (C=O) groups excluding carboxylic acids is 1. The highest BCUT2D eigenvalue weighted by Crippen LogP contribution is 2.63. The van der Waals surface area contributed by atoms with Gasteiger partial charge in [-0.05, 0) is 84.4 Å². The molecule has 5 rings (SSSR count). The third-order valence-electron chi connectivity index (χ3n) is 7.03. The number of rotatable bonds is 3. The molecule has 2 aromatic carbocycles. The van der Waals surface area contributed by atoms with Gasteiger partial charge in [0.2, 0.25) is 0 Å². The summed E-state index contributed by atoms with van der Waals surface area (Å²) < 4.78 is 4.81. The van der Waals surface area contributed by atoms with Gasteiger partial charge in [-0.3, -0.25) is 0 Å². The van der Waals surface area contributed by atoms with E-state index >= 15 is 0 Å². The zero-order chi connectivity index (χ0) is 19.4. The maximum Gasteiger partial charge on any atom is 0.337 e. The minimum absolute atomic E-state index is 0.176. The predicted molar refractivity (Wildman–Crippen MR) is 105 cm³/mol. The summed E-state index contributed by atoms with van der Waals surface area (Å²) in [5.74, 6) is 0.959. The molecule has 0 amide bonds. The number of hydrogen-bond acceptors (Lipinski definition) is 4. The molecular formula is C23H23NO4. The molecule has 0 spiro atoms. The number of carboxylic acids is 1. The second-order valence-corrected chi connectivity index (χ2v) is 8.28. The summed E-state index contributed by atoms with van der Waals surface area (Å²) in [6, 6.07) is 13.3. The van der Waals surface area contributed by atoms with Crippen LogP contribution in [-0.2, 0) is 4.74 Å². The van der Waals surface area contributed by atoms with Crippen LogP contribution in [0.25, 0.3) is 0 Å². The normalized spacial score (nSPS) is 29.5. The number of esters is 1. The molecule has 5 heteroatoms. The molecule has 2 saturated carbocycles. The molecule has 28 heavy (non-hydrogen) atoms. The van der Waals surface area contributed by atoms with Crippen LogP contribution in [0, 0.1) is 17.8 Å². The molecule has 2 aromatic rings. The molecule has 2 N–H and O–H groups in total. The lowest BCUT2D eigenvalue weighted by atomic mass is 9.68. The molecule has 0 aromatic heterocycles. The van der Waals surface area contributed by atoms with Crippen LogP contribution in [0.5, 0.6) is 0 Å². The summed E-state index contributed by atoms with van der Waals surface area (Å²) >= 11 is 0. The third kappa shape index (κ3) is 2.53. The van der Waals surface area contributed by atoms with Crippen molar-refractivity contribution < 1.29 is 19.4 Å². The maximum absolute atomic E-state index is 11.8. The van der Waals surface area contributed by atoms with Crippen LogP contribution >= 0.6 is 0 Å². The molecule has 144 valence electrons. The second kappa shape index (κ2) is 6.36. The van der Waals surface area contributed by atoms with Gasteiger partial charge < -0.3 is 15.2 Å². The van der Waals surface area contributed by atoms with E-state index < -0.39 is 5.97 Å². The van der Waals surface area contributed by atoms with E-state index in [1.807, 2.05) is 36.4 Å². The summed E-state index contributed by atoms with van der Waals surface area (Å²) in [5.41, 5.74) is 4.30. The molecule has 1 heterocycles. The van der Waals surface area contributed by atoms with Crippen molar-refractivity contribution in [2.75, 3.05) is 12.4 Å². The molecule has 5 nitrogen and oxygen atoms in total. The van der Waals surface area contributed by atoms with Gasteiger partial charge in [-0.1, -0.05) is 12.1 Å². The third-order valence-corrected chi connectivity index (χ3v) is 7.03. The monoisotopic (exact) mass is 377 g/mol. The number of carbonyl (C=O) groups is 2. The van der Waals surface area contributed by atoms with Crippen molar-refractivity contribution in [1.82, 2.24) is 0 Å². The molecule has 0 radical (unpaired) electrons. The molecule has 5 atom stereocenters. The first-order valence-corrected chi connectivity index (χ1v) is 9.89. The molecule has 2 bridgehead atoms. The minimum atomic E-state index is -0.872. The number of carboxylic acid groups (broad SMARTS) is 1. The number of nitrogens with one attached hydrogen (secondary N) is 1. The Morgan fingerprint density at radius 3 is 2.46 bits per heavy atom. The van der Waals surface area contributed by atoms with Gasteiger partial charge in [0.25, 0.3) is 0 Å². The number of benzene rings is 2. The number of methoxy groups -OCH3 is 1. The van der Waals surface area contributed by atoms with E-state index in [2.05, 4.69) is 5.32 Å². The first-order chi connectivity index (χ1) is 13.6. The number of anilines is 1. The van der Waals surface area contributed by atoms with E-state index in [1.54, 1.807) is 6.07 Å². The van der Waals surface area contributed by atoms with E-state index in [0.717, 1.165) is 5.69 Å². The topological polar surface area (TPSA) is 75.6 Å². The standard InChI is InChI=1S/C23H23NO4/c1-28-23(27)13-4-2-12(3-5-13)21-20-15-7-6-14(10-15)19(20)17-11-16(22(25)26)8-9-18(17)24-21/h2-5,8-9,11,14-15,19-21,24H,6-7,10H2,1H3,(H,25,26)/t14-,15-,19+,20+,21-/m0/s1. The lowest BCUT2D eigenvalue weighted by molar-refractivity contribution is 0.0599. The van der Waals surface area contributed by atoms with Crippen molar-refractivity contribution in [1.29, 1.82) is 0 Å². The fourth-order valence-electron chi connectivity index (χ4n) is 5.89. The fourth-order valence-corrected chi connectivity index (χ4v) is 5.89. The van der Waals surface area contributed by atoms with E-state index in [1.165, 1.54) is 37.5 Å². The quantitative estimate of drug-likeness (QED) is 0.772. The molecule has 0 unspecified atom stereocenters. The van der Waals surface area contributed by atoms with Gasteiger partial charge in [-0.15, -0.1) is 0 Å². The van der Waals surface area contributed by atoms with Crippen molar-refractivity contribution >= 4 is 17.6 Å². The van der Waals surface area contributed by atoms with Crippen LogP contribution in [0.2, 0.25) is 0 Å². The fraction of sp³-hybridized carbons (Fsp3) is 0.391. The second-order valence-electron chi connectivity index (χ2n) is 8.28. The predicted octanol–water partition coefficient (Wildman–Crippen LogP) is 4.47. The molecule has 1 aliphatic heterocycles. The summed E-state index contributed by atoms with van der Waals surface area (Å²) in [4.78, 5) is 23.2. The van der Waals surface area contributed by atoms with Crippen molar-refractivity contribution in [3.63, 3.8) is 0 Å². The largest absolute Gasteiger partial charge is 0.478 e. The highest BCUT2D eigenvalue weighted by molar-refractivity contribution is 5.89. The Labute approximate surface area is 163 Å². The van der Waals surface area contributed by atoms with Gasteiger partial charge in [0.15, 0.2) is 0 Å². The van der Waals surface area contributed by atoms with Crippen LogP contribution < -0.4 is 5.32 Å². The van der Waals surface area contributed by atoms with E-state index in [4.69, 9.17) is 4.74 Å². The number of ether oxygens (including phenoxy) is 1. The minimum Gasteiger partial charge on any atom is -0.478 e. The van der Waals surface area contributed by atoms with Gasteiger partial charge >= 0.3 is 11.9 Å². The van der Waals surface area contributed by atoms with Gasteiger partial charge in [0.1, 0.15) is 0 Å². The number of hydrogen-bond donors (Lipinski definition) is 2. The highest BCUT2D eigenvalue weighted by atomic mass is 16.5. The summed E-state index contributed by atoms with van der Waals surface area (Å²) in [7, 11) is 1.39. The van der Waals surface area contributed by atoms with Crippen molar-refractivity contribution in [2.24, 2.45) is 17.8 Å². The van der Waals surface area contributed by atoms with Gasteiger partial charge in [0, 0.05) is 5.69 Å². The zero-order valence-electron chi connectivity index (χ0n) is 15.7. The van der Waals surface area contributed by atoms with E-state index in [-0.39, 0.29) is 12.0 Å². The maximum atomic E-state index is 11.8. The molecule has 0 saturated heterocycles. The average molecular weight is 377 g/mol. The van der Waals surface area contributed by atoms with E-state index in [0.29, 0.717) is 34.8 Å². The number of aromatic carboxylic acids is 1. The Hall–Kier alpha value is -2.82. The van der Waals surface area contributed by atoms with Crippen molar-refractivity contribution in [3.05, 3.63) is 64.7 Å². The zero-order valence-corrected chi connectivity index (χ0v) is 15.7.